The van der Waals surface area contributed by atoms with E-state index in [0.717, 1.165) is 44.7 Å². The van der Waals surface area contributed by atoms with E-state index in [2.05, 4.69) is 59.9 Å². The van der Waals surface area contributed by atoms with Crippen molar-refractivity contribution >= 4 is 22.6 Å². The van der Waals surface area contributed by atoms with Crippen LogP contribution in [0, 0.1) is 0 Å². The van der Waals surface area contributed by atoms with Crippen molar-refractivity contribution in [1.82, 2.24) is 0 Å². The fourth-order valence-electron chi connectivity index (χ4n) is 4.97. The van der Waals surface area contributed by atoms with E-state index >= 15 is 0 Å². The zero-order chi connectivity index (χ0) is 20.1. The lowest BCUT2D eigenvalue weighted by atomic mass is 9.79. The summed E-state index contributed by atoms with van der Waals surface area (Å²) >= 11 is 0. The Morgan fingerprint density at radius 3 is 1.83 bits per heavy atom. The number of Topliss-reactive ketones (excluding diaryl/α,β-unsaturated/α-hetero) is 1. The third kappa shape index (κ3) is 2.16. The Labute approximate surface area is 175 Å². The number of benzene rings is 4. The van der Waals surface area contributed by atoms with Crippen LogP contribution in [0.5, 0.6) is 0 Å². The van der Waals surface area contributed by atoms with Gasteiger partial charge in [-0.05, 0) is 40.0 Å². The third-order valence-electron chi connectivity index (χ3n) is 6.18. The molecule has 2 nitrogen and oxygen atoms in total. The lowest BCUT2D eigenvalue weighted by molar-refractivity contribution is 0.0951. The van der Waals surface area contributed by atoms with Gasteiger partial charge >= 0.3 is 0 Å². The summed E-state index contributed by atoms with van der Waals surface area (Å²) in [4.78, 5) is 14.0. The van der Waals surface area contributed by atoms with Crippen molar-refractivity contribution in [2.45, 2.75) is 5.54 Å². The number of anilines is 1. The van der Waals surface area contributed by atoms with Crippen molar-refractivity contribution in [2.75, 3.05) is 5.32 Å². The number of carbonyl (C=O) groups excluding carboxylic acids is 1. The minimum absolute atomic E-state index is 0.107. The van der Waals surface area contributed by atoms with E-state index in [-0.39, 0.29) is 5.78 Å². The minimum Gasteiger partial charge on any atom is -0.365 e. The molecule has 1 N–H and O–H groups in total. The number of fused-ring (bicyclic) bond motifs is 3. The van der Waals surface area contributed by atoms with Gasteiger partial charge in [0.15, 0.2) is 11.3 Å². The number of para-hydroxylation sites is 1. The van der Waals surface area contributed by atoms with Crippen LogP contribution in [0.2, 0.25) is 0 Å². The monoisotopic (exact) mass is 385 g/mol. The number of hydrogen-bond acceptors (Lipinski definition) is 2. The summed E-state index contributed by atoms with van der Waals surface area (Å²) in [6.07, 6.45) is 0. The molecular formula is C28H19NO. The Kier molecular flexibility index (Phi) is 3.57. The summed E-state index contributed by atoms with van der Waals surface area (Å²) < 4.78 is 0. The van der Waals surface area contributed by atoms with E-state index in [9.17, 15) is 4.79 Å². The summed E-state index contributed by atoms with van der Waals surface area (Å²) in [6.45, 7) is 0. The molecule has 0 saturated heterocycles. The first-order valence-corrected chi connectivity index (χ1v) is 10.2. The van der Waals surface area contributed by atoms with Crippen LogP contribution < -0.4 is 5.32 Å². The molecule has 0 aromatic heterocycles. The molecule has 0 saturated carbocycles. The molecule has 2 heteroatoms. The SMILES string of the molecule is O=C1c2ccccc2N[C@@]12C(c1ccccc1)=C(c1ccccc1)c1ccccc12. The number of nitrogens with one attached hydrogen (secondary N) is 1. The van der Waals surface area contributed by atoms with Gasteiger partial charge in [0, 0.05) is 16.8 Å². The molecule has 1 heterocycles. The quantitative estimate of drug-likeness (QED) is 0.447. The zero-order valence-electron chi connectivity index (χ0n) is 16.3. The Bertz CT molecular complexity index is 1320. The van der Waals surface area contributed by atoms with Gasteiger partial charge in [-0.2, -0.15) is 0 Å². The number of ketones is 1. The Hall–Kier alpha value is -3.91. The van der Waals surface area contributed by atoms with Crippen molar-refractivity contribution in [1.29, 1.82) is 0 Å². The van der Waals surface area contributed by atoms with E-state index < -0.39 is 5.54 Å². The van der Waals surface area contributed by atoms with Crippen molar-refractivity contribution in [2.24, 2.45) is 0 Å². The number of hydrogen-bond donors (Lipinski definition) is 1. The molecule has 1 aliphatic heterocycles. The van der Waals surface area contributed by atoms with Crippen LogP contribution >= 0.6 is 0 Å². The van der Waals surface area contributed by atoms with E-state index in [0.29, 0.717) is 0 Å². The van der Waals surface area contributed by atoms with Gasteiger partial charge in [-0.3, -0.25) is 4.79 Å². The maximum atomic E-state index is 14.0. The second-order valence-corrected chi connectivity index (χ2v) is 7.78. The summed E-state index contributed by atoms with van der Waals surface area (Å²) in [5.74, 6) is 0.107. The van der Waals surface area contributed by atoms with Crippen LogP contribution in [0.4, 0.5) is 5.69 Å². The molecule has 2 aliphatic rings. The molecule has 4 aromatic carbocycles. The molecule has 1 aliphatic carbocycles. The van der Waals surface area contributed by atoms with Gasteiger partial charge in [-0.15, -0.1) is 0 Å². The van der Waals surface area contributed by atoms with E-state index in [1.807, 2.05) is 54.6 Å². The lowest BCUT2D eigenvalue weighted by Gasteiger charge is -2.29. The highest BCUT2D eigenvalue weighted by Gasteiger charge is 2.55. The molecule has 0 unspecified atom stereocenters. The molecule has 142 valence electrons. The maximum absolute atomic E-state index is 14.0. The molecule has 30 heavy (non-hydrogen) atoms. The van der Waals surface area contributed by atoms with Crippen molar-refractivity contribution in [3.8, 4) is 0 Å². The van der Waals surface area contributed by atoms with Crippen molar-refractivity contribution in [3.63, 3.8) is 0 Å². The molecule has 1 spiro atoms. The first-order chi connectivity index (χ1) is 14.8. The Morgan fingerprint density at radius 2 is 1.13 bits per heavy atom. The van der Waals surface area contributed by atoms with Gasteiger partial charge < -0.3 is 5.32 Å². The summed E-state index contributed by atoms with van der Waals surface area (Å²) in [7, 11) is 0. The van der Waals surface area contributed by atoms with Crippen molar-refractivity contribution in [3.05, 3.63) is 137 Å². The van der Waals surface area contributed by atoms with Gasteiger partial charge in [-0.1, -0.05) is 97.1 Å². The largest absolute Gasteiger partial charge is 0.365 e. The highest BCUT2D eigenvalue weighted by Crippen LogP contribution is 2.57. The highest BCUT2D eigenvalue weighted by atomic mass is 16.1. The van der Waals surface area contributed by atoms with Gasteiger partial charge in [0.1, 0.15) is 0 Å². The van der Waals surface area contributed by atoms with E-state index in [4.69, 9.17) is 0 Å². The highest BCUT2D eigenvalue weighted by molar-refractivity contribution is 6.27. The molecule has 6 rings (SSSR count). The molecule has 0 radical (unpaired) electrons. The summed E-state index contributed by atoms with van der Waals surface area (Å²) in [5, 5.41) is 3.66. The van der Waals surface area contributed by atoms with Crippen LogP contribution in [0.1, 0.15) is 32.6 Å². The van der Waals surface area contributed by atoms with Crippen LogP contribution in [-0.4, -0.2) is 5.78 Å². The number of carbonyl (C=O) groups is 1. The molecule has 0 bridgehead atoms. The first-order valence-electron chi connectivity index (χ1n) is 10.2. The maximum Gasteiger partial charge on any atom is 0.199 e. The van der Waals surface area contributed by atoms with Gasteiger partial charge in [0.05, 0.1) is 0 Å². The predicted molar refractivity (Wildman–Crippen MR) is 121 cm³/mol. The second-order valence-electron chi connectivity index (χ2n) is 7.78. The van der Waals surface area contributed by atoms with Gasteiger partial charge in [-0.25, -0.2) is 0 Å². The summed E-state index contributed by atoms with van der Waals surface area (Å²) in [6, 6.07) is 36.8. The molecule has 0 fully saturated rings. The van der Waals surface area contributed by atoms with Gasteiger partial charge in [0.25, 0.3) is 0 Å². The van der Waals surface area contributed by atoms with Crippen LogP contribution in [0.15, 0.2) is 109 Å². The predicted octanol–water partition coefficient (Wildman–Crippen LogP) is 6.16. The third-order valence-corrected chi connectivity index (χ3v) is 6.18. The second kappa shape index (κ2) is 6.30. The Morgan fingerprint density at radius 1 is 0.567 bits per heavy atom. The fraction of sp³-hybridized carbons (Fsp3) is 0.0357. The van der Waals surface area contributed by atoms with Crippen LogP contribution in [0.3, 0.4) is 0 Å². The topological polar surface area (TPSA) is 29.1 Å². The zero-order valence-corrected chi connectivity index (χ0v) is 16.3. The van der Waals surface area contributed by atoms with E-state index in [1.54, 1.807) is 0 Å². The van der Waals surface area contributed by atoms with Gasteiger partial charge in [0.2, 0.25) is 0 Å². The Balaban J connectivity index is 1.75. The molecule has 0 amide bonds. The average molecular weight is 385 g/mol. The van der Waals surface area contributed by atoms with Crippen LogP contribution in [-0.2, 0) is 5.54 Å². The van der Waals surface area contributed by atoms with E-state index in [1.165, 1.54) is 0 Å². The minimum atomic E-state index is -0.924. The van der Waals surface area contributed by atoms with Crippen LogP contribution in [0.25, 0.3) is 11.1 Å². The fourth-order valence-corrected chi connectivity index (χ4v) is 4.97. The molecule has 1 atom stereocenters. The standard InChI is InChI=1S/C28H19NO/c30-27-22-16-8-10-18-24(22)29-28(27)23-17-9-7-15-21(23)25(19-11-3-1-4-12-19)26(28)20-13-5-2-6-14-20/h1-18,29H/t28-/m0/s1. The number of rotatable bonds is 2. The normalized spacial score (nSPS) is 19.0. The average Bonchev–Trinajstić information content (AvgIpc) is 3.28. The lowest BCUT2D eigenvalue weighted by Crippen LogP contribution is -2.38. The molecular weight excluding hydrogens is 366 g/mol. The molecule has 4 aromatic rings. The first kappa shape index (κ1) is 17.0. The smallest absolute Gasteiger partial charge is 0.199 e. The van der Waals surface area contributed by atoms with Crippen molar-refractivity contribution < 1.29 is 4.79 Å². The summed E-state index contributed by atoms with van der Waals surface area (Å²) in [5.41, 5.74) is 7.15.